The molecular weight excluding hydrogens is 280 g/mol. The van der Waals surface area contributed by atoms with E-state index in [0.29, 0.717) is 0 Å². The third-order valence-corrected chi connectivity index (χ3v) is 2.85. The molecule has 1 aromatic heterocycles. The van der Waals surface area contributed by atoms with Crippen molar-refractivity contribution in [2.24, 2.45) is 12.0 Å². The quantitative estimate of drug-likeness (QED) is 0.869. The van der Waals surface area contributed by atoms with Crippen LogP contribution in [0.1, 0.15) is 26.5 Å². The van der Waals surface area contributed by atoms with Crippen molar-refractivity contribution in [2.75, 3.05) is 7.05 Å². The van der Waals surface area contributed by atoms with E-state index in [2.05, 4.69) is 31.2 Å². The maximum Gasteiger partial charge on any atom is 0.0946 e. The Morgan fingerprint density at radius 3 is 2.71 bits per heavy atom. The molecule has 17 heavy (non-hydrogen) atoms. The summed E-state index contributed by atoms with van der Waals surface area (Å²) >= 11 is 3.43. The van der Waals surface area contributed by atoms with E-state index < -0.39 is 0 Å². The highest BCUT2D eigenvalue weighted by Crippen LogP contribution is 2.07. The molecule has 0 aliphatic carbocycles. The van der Waals surface area contributed by atoms with Gasteiger partial charge in [-0.15, -0.1) is 0 Å². The van der Waals surface area contributed by atoms with Crippen molar-refractivity contribution >= 4 is 22.1 Å². The van der Waals surface area contributed by atoms with E-state index in [1.165, 1.54) is 0 Å². The molecule has 4 nitrogen and oxygen atoms in total. The zero-order valence-corrected chi connectivity index (χ0v) is 12.7. The molecule has 0 radical (unpaired) electrons. The summed E-state index contributed by atoms with van der Waals surface area (Å²) < 4.78 is 2.95. The highest BCUT2D eigenvalue weighted by atomic mass is 79.9. The van der Waals surface area contributed by atoms with Crippen LogP contribution in [0.5, 0.6) is 0 Å². The van der Waals surface area contributed by atoms with Gasteiger partial charge in [0.25, 0.3) is 0 Å². The number of hydrogen-bond donors (Lipinski definition) is 1. The van der Waals surface area contributed by atoms with Crippen LogP contribution in [-0.2, 0) is 13.6 Å². The monoisotopic (exact) mass is 300 g/mol. The Morgan fingerprint density at radius 1 is 1.59 bits per heavy atom. The number of nitrogens with one attached hydrogen (secondary N) is 1. The van der Waals surface area contributed by atoms with E-state index in [-0.39, 0.29) is 0 Å². The lowest BCUT2D eigenvalue weighted by atomic mass is 10.4. The molecule has 0 aliphatic rings. The van der Waals surface area contributed by atoms with Gasteiger partial charge >= 0.3 is 0 Å². The average Bonchev–Trinajstić information content (AvgIpc) is 2.74. The van der Waals surface area contributed by atoms with Crippen LogP contribution in [-0.4, -0.2) is 22.8 Å². The van der Waals surface area contributed by atoms with Crippen molar-refractivity contribution in [2.45, 2.75) is 27.3 Å². The number of aliphatic imine (C=N–C) groups is 1. The second kappa shape index (κ2) is 8.98. The zero-order valence-electron chi connectivity index (χ0n) is 11.2. The third-order valence-electron chi connectivity index (χ3n) is 2.05. The lowest BCUT2D eigenvalue weighted by molar-refractivity contribution is 0.733. The molecule has 5 heteroatoms. The molecule has 0 fully saturated rings. The van der Waals surface area contributed by atoms with E-state index in [4.69, 9.17) is 0 Å². The number of aromatic nitrogens is 2. The second-order valence-electron chi connectivity index (χ2n) is 3.21. The third kappa shape index (κ3) is 5.68. The topological polar surface area (TPSA) is 42.2 Å². The van der Waals surface area contributed by atoms with Crippen molar-refractivity contribution in [3.8, 4) is 0 Å². The predicted molar refractivity (Wildman–Crippen MR) is 77.4 cm³/mol. The SMILES string of the molecule is CC.CN=C/C(Br)=C(\C)NCc1cncn1C. The van der Waals surface area contributed by atoms with Gasteiger partial charge in [-0.1, -0.05) is 13.8 Å². The Kier molecular flexibility index (Phi) is 8.40. The highest BCUT2D eigenvalue weighted by Gasteiger charge is 1.99. The van der Waals surface area contributed by atoms with Gasteiger partial charge in [-0.3, -0.25) is 4.99 Å². The fourth-order valence-corrected chi connectivity index (χ4v) is 1.42. The maximum absolute atomic E-state index is 4.05. The first kappa shape index (κ1) is 15.9. The Bertz CT molecular complexity index is 380. The molecule has 0 bridgehead atoms. The van der Waals surface area contributed by atoms with Gasteiger partial charge in [-0.05, 0) is 22.9 Å². The molecule has 0 atom stereocenters. The van der Waals surface area contributed by atoms with Crippen LogP contribution in [0, 0.1) is 0 Å². The summed E-state index contributed by atoms with van der Waals surface area (Å²) in [5.74, 6) is 0. The largest absolute Gasteiger partial charge is 0.382 e. The fraction of sp³-hybridized carbons (Fsp3) is 0.500. The van der Waals surface area contributed by atoms with Crippen LogP contribution in [0.25, 0.3) is 0 Å². The smallest absolute Gasteiger partial charge is 0.0946 e. The van der Waals surface area contributed by atoms with Crippen molar-refractivity contribution < 1.29 is 0 Å². The molecule has 1 aromatic rings. The maximum atomic E-state index is 4.05. The summed E-state index contributed by atoms with van der Waals surface area (Å²) in [4.78, 5) is 7.98. The van der Waals surface area contributed by atoms with Gasteiger partial charge in [0.15, 0.2) is 0 Å². The standard InChI is InChI=1S/C10H15BrN4.C2H6/c1-8(10(11)6-12-2)14-5-9-4-13-7-15(9)3;1-2/h4,6-7,14H,5H2,1-3H3;1-2H3/b10-8-,12-6?;. The number of aryl methyl sites for hydroxylation is 1. The van der Waals surface area contributed by atoms with Crippen LogP contribution in [0.15, 0.2) is 27.7 Å². The fourth-order valence-electron chi connectivity index (χ4n) is 1.07. The zero-order chi connectivity index (χ0) is 13.3. The summed E-state index contributed by atoms with van der Waals surface area (Å²) in [6, 6.07) is 0. The van der Waals surface area contributed by atoms with E-state index in [0.717, 1.165) is 22.4 Å². The number of imidazole rings is 1. The lowest BCUT2D eigenvalue weighted by Gasteiger charge is -2.07. The molecule has 0 spiro atoms. The van der Waals surface area contributed by atoms with Crippen LogP contribution in [0.2, 0.25) is 0 Å². The van der Waals surface area contributed by atoms with E-state index >= 15 is 0 Å². The summed E-state index contributed by atoms with van der Waals surface area (Å²) in [5, 5.41) is 3.29. The summed E-state index contributed by atoms with van der Waals surface area (Å²) in [5.41, 5.74) is 2.20. The number of rotatable bonds is 4. The number of halogens is 1. The number of hydrogen-bond acceptors (Lipinski definition) is 3. The molecule has 0 saturated carbocycles. The highest BCUT2D eigenvalue weighted by molar-refractivity contribution is 9.12. The second-order valence-corrected chi connectivity index (χ2v) is 4.06. The Morgan fingerprint density at radius 2 is 2.24 bits per heavy atom. The van der Waals surface area contributed by atoms with Crippen LogP contribution in [0.4, 0.5) is 0 Å². The molecule has 0 aromatic carbocycles. The number of nitrogens with zero attached hydrogens (tertiary/aromatic N) is 3. The number of allylic oxidation sites excluding steroid dienone is 2. The van der Waals surface area contributed by atoms with Crippen molar-refractivity contribution in [3.05, 3.63) is 28.4 Å². The minimum Gasteiger partial charge on any atom is -0.382 e. The normalized spacial score (nSPS) is 11.9. The first-order valence-corrected chi connectivity index (χ1v) is 6.42. The van der Waals surface area contributed by atoms with E-state index in [1.807, 2.05) is 38.6 Å². The first-order chi connectivity index (χ1) is 8.15. The molecule has 1 N–H and O–H groups in total. The molecule has 0 aliphatic heterocycles. The van der Waals surface area contributed by atoms with E-state index in [9.17, 15) is 0 Å². The average molecular weight is 301 g/mol. The van der Waals surface area contributed by atoms with E-state index in [1.54, 1.807) is 19.6 Å². The minimum absolute atomic E-state index is 0.759. The summed E-state index contributed by atoms with van der Waals surface area (Å²) in [7, 11) is 3.72. The predicted octanol–water partition coefficient (Wildman–Crippen LogP) is 2.86. The molecule has 0 amide bonds. The van der Waals surface area contributed by atoms with Crippen molar-refractivity contribution in [3.63, 3.8) is 0 Å². The molecule has 0 saturated heterocycles. The molecule has 96 valence electrons. The van der Waals surface area contributed by atoms with Gasteiger partial charge in [0, 0.05) is 32.2 Å². The van der Waals surface area contributed by atoms with Gasteiger partial charge in [0.1, 0.15) is 0 Å². The van der Waals surface area contributed by atoms with Gasteiger partial charge < -0.3 is 9.88 Å². The van der Waals surface area contributed by atoms with Crippen molar-refractivity contribution in [1.82, 2.24) is 14.9 Å². The van der Waals surface area contributed by atoms with Gasteiger partial charge in [0.05, 0.1) is 23.0 Å². The van der Waals surface area contributed by atoms with Gasteiger partial charge in [0.2, 0.25) is 0 Å². The van der Waals surface area contributed by atoms with Gasteiger partial charge in [-0.2, -0.15) is 0 Å². The van der Waals surface area contributed by atoms with Crippen LogP contribution >= 0.6 is 15.9 Å². The summed E-state index contributed by atoms with van der Waals surface area (Å²) in [6.07, 6.45) is 5.41. The Labute approximate surface area is 112 Å². The molecule has 0 unspecified atom stereocenters. The van der Waals surface area contributed by atoms with Crippen LogP contribution < -0.4 is 5.32 Å². The molecule has 1 rings (SSSR count). The van der Waals surface area contributed by atoms with Gasteiger partial charge in [-0.25, -0.2) is 4.98 Å². The Balaban J connectivity index is 0.00000121. The van der Waals surface area contributed by atoms with Crippen molar-refractivity contribution in [1.29, 1.82) is 0 Å². The Hall–Kier alpha value is -1.10. The molecule has 1 heterocycles. The van der Waals surface area contributed by atoms with Crippen LogP contribution in [0.3, 0.4) is 0 Å². The lowest BCUT2D eigenvalue weighted by Crippen LogP contribution is -2.14. The minimum atomic E-state index is 0.759. The summed E-state index contributed by atoms with van der Waals surface area (Å²) in [6.45, 7) is 6.76. The molecular formula is C12H21BrN4. The first-order valence-electron chi connectivity index (χ1n) is 5.62.